The summed E-state index contributed by atoms with van der Waals surface area (Å²) in [6, 6.07) is 11.3. The van der Waals surface area contributed by atoms with E-state index in [0.29, 0.717) is 23.6 Å². The molecule has 0 radical (unpaired) electrons. The molecule has 0 amide bonds. The Labute approximate surface area is 158 Å². The van der Waals surface area contributed by atoms with Crippen LogP contribution in [-0.2, 0) is 0 Å². The monoisotopic (exact) mass is 365 g/mol. The number of aromatic nitrogens is 4. The Hall–Kier alpha value is -3.06. The Morgan fingerprint density at radius 2 is 2.07 bits per heavy atom. The maximum absolute atomic E-state index is 12.9. The standard InChI is InChI=1S/C20H23N5O2/c1-2-15(13-26)8-10-22-20-17(12-21-14-23-20)19(27)18-9-11-25(24-18)16-6-4-3-5-7-16/h3-7,9,11-12,14-15,26H,2,8,10,13H2,1H3,(H,21,22,23). The molecule has 3 aromatic rings. The molecule has 0 saturated heterocycles. The minimum Gasteiger partial charge on any atom is -0.396 e. The van der Waals surface area contributed by atoms with E-state index in [2.05, 4.69) is 20.4 Å². The molecular weight excluding hydrogens is 342 g/mol. The highest BCUT2D eigenvalue weighted by Gasteiger charge is 2.18. The molecule has 2 N–H and O–H groups in total. The van der Waals surface area contributed by atoms with Crippen molar-refractivity contribution in [3.05, 3.63) is 66.4 Å². The van der Waals surface area contributed by atoms with Gasteiger partial charge >= 0.3 is 0 Å². The average molecular weight is 365 g/mol. The van der Waals surface area contributed by atoms with Crippen LogP contribution in [0, 0.1) is 5.92 Å². The van der Waals surface area contributed by atoms with Crippen LogP contribution in [0.2, 0.25) is 0 Å². The van der Waals surface area contributed by atoms with Gasteiger partial charge in [0.25, 0.3) is 0 Å². The molecule has 140 valence electrons. The summed E-state index contributed by atoms with van der Waals surface area (Å²) in [5.74, 6) is 0.485. The summed E-state index contributed by atoms with van der Waals surface area (Å²) in [6.07, 6.45) is 6.37. The number of hydrogen-bond donors (Lipinski definition) is 2. The van der Waals surface area contributed by atoms with Crippen molar-refractivity contribution in [2.45, 2.75) is 19.8 Å². The third-order valence-corrected chi connectivity index (χ3v) is 4.48. The summed E-state index contributed by atoms with van der Waals surface area (Å²) in [6.45, 7) is 2.82. The molecule has 0 aliphatic carbocycles. The van der Waals surface area contributed by atoms with Gasteiger partial charge in [-0.2, -0.15) is 5.10 Å². The van der Waals surface area contributed by atoms with Crippen molar-refractivity contribution in [1.82, 2.24) is 19.7 Å². The van der Waals surface area contributed by atoms with Crippen LogP contribution >= 0.6 is 0 Å². The summed E-state index contributed by atoms with van der Waals surface area (Å²) < 4.78 is 1.66. The number of hydrogen-bond acceptors (Lipinski definition) is 6. The van der Waals surface area contributed by atoms with Crippen molar-refractivity contribution >= 4 is 11.6 Å². The molecule has 0 bridgehead atoms. The molecule has 0 aliphatic rings. The molecule has 0 spiro atoms. The van der Waals surface area contributed by atoms with Crippen LogP contribution < -0.4 is 5.32 Å². The van der Waals surface area contributed by atoms with Crippen LogP contribution in [0.25, 0.3) is 5.69 Å². The first kappa shape index (κ1) is 18.7. The van der Waals surface area contributed by atoms with E-state index in [1.54, 1.807) is 16.9 Å². The first-order valence-corrected chi connectivity index (χ1v) is 9.03. The van der Waals surface area contributed by atoms with Gasteiger partial charge in [0.05, 0.1) is 11.3 Å². The van der Waals surface area contributed by atoms with Crippen molar-refractivity contribution < 1.29 is 9.90 Å². The Morgan fingerprint density at radius 1 is 1.26 bits per heavy atom. The Morgan fingerprint density at radius 3 is 2.81 bits per heavy atom. The van der Waals surface area contributed by atoms with Gasteiger partial charge in [0.1, 0.15) is 17.8 Å². The third-order valence-electron chi connectivity index (χ3n) is 4.48. The van der Waals surface area contributed by atoms with Gasteiger partial charge in [-0.05, 0) is 30.5 Å². The average Bonchev–Trinajstić information content (AvgIpc) is 3.22. The minimum absolute atomic E-state index is 0.157. The third kappa shape index (κ3) is 4.57. The first-order valence-electron chi connectivity index (χ1n) is 9.03. The van der Waals surface area contributed by atoms with Gasteiger partial charge in [0.15, 0.2) is 0 Å². The molecule has 0 fully saturated rings. The van der Waals surface area contributed by atoms with E-state index in [4.69, 9.17) is 0 Å². The van der Waals surface area contributed by atoms with Crippen LogP contribution in [0.3, 0.4) is 0 Å². The molecule has 1 atom stereocenters. The zero-order chi connectivity index (χ0) is 19.1. The maximum Gasteiger partial charge on any atom is 0.218 e. The lowest BCUT2D eigenvalue weighted by Crippen LogP contribution is -2.15. The number of nitrogens with zero attached hydrogens (tertiary/aromatic N) is 4. The Balaban J connectivity index is 1.75. The molecule has 2 aromatic heterocycles. The molecular formula is C20H23N5O2. The van der Waals surface area contributed by atoms with Crippen molar-refractivity contribution in [2.75, 3.05) is 18.5 Å². The Bertz CT molecular complexity index is 875. The highest BCUT2D eigenvalue weighted by atomic mass is 16.3. The summed E-state index contributed by atoms with van der Waals surface area (Å²) in [5, 5.41) is 16.9. The zero-order valence-corrected chi connectivity index (χ0v) is 15.2. The van der Waals surface area contributed by atoms with E-state index in [-0.39, 0.29) is 18.3 Å². The fraction of sp³-hybridized carbons (Fsp3) is 0.300. The summed E-state index contributed by atoms with van der Waals surface area (Å²) in [4.78, 5) is 21.1. The number of aliphatic hydroxyl groups is 1. The quantitative estimate of drug-likeness (QED) is 0.567. The highest BCUT2D eigenvalue weighted by molar-refractivity contribution is 6.10. The van der Waals surface area contributed by atoms with Crippen LogP contribution in [0.5, 0.6) is 0 Å². The number of anilines is 1. The van der Waals surface area contributed by atoms with Crippen molar-refractivity contribution in [1.29, 1.82) is 0 Å². The largest absolute Gasteiger partial charge is 0.396 e. The smallest absolute Gasteiger partial charge is 0.218 e. The van der Waals surface area contributed by atoms with Crippen LogP contribution in [0.15, 0.2) is 55.1 Å². The number of para-hydroxylation sites is 1. The molecule has 1 aromatic carbocycles. The predicted molar refractivity (Wildman–Crippen MR) is 103 cm³/mol. The predicted octanol–water partition coefficient (Wildman–Crippen LogP) is 2.71. The SMILES string of the molecule is CCC(CO)CCNc1ncncc1C(=O)c1ccn(-c2ccccc2)n1. The van der Waals surface area contributed by atoms with E-state index in [0.717, 1.165) is 18.5 Å². The molecule has 7 nitrogen and oxygen atoms in total. The fourth-order valence-electron chi connectivity index (χ4n) is 2.76. The topological polar surface area (TPSA) is 92.9 Å². The van der Waals surface area contributed by atoms with Crippen LogP contribution in [0.4, 0.5) is 5.82 Å². The van der Waals surface area contributed by atoms with Gasteiger partial charge < -0.3 is 10.4 Å². The lowest BCUT2D eigenvalue weighted by Gasteiger charge is -2.13. The zero-order valence-electron chi connectivity index (χ0n) is 15.2. The van der Waals surface area contributed by atoms with E-state index in [1.807, 2.05) is 37.3 Å². The second kappa shape index (κ2) is 9.05. The van der Waals surface area contributed by atoms with Crippen molar-refractivity contribution in [3.8, 4) is 5.69 Å². The van der Waals surface area contributed by atoms with Gasteiger partial charge in [-0.15, -0.1) is 0 Å². The van der Waals surface area contributed by atoms with Gasteiger partial charge in [0, 0.05) is 25.5 Å². The van der Waals surface area contributed by atoms with Gasteiger partial charge in [-0.3, -0.25) is 4.79 Å². The molecule has 0 saturated carbocycles. The molecule has 2 heterocycles. The van der Waals surface area contributed by atoms with E-state index in [1.165, 1.54) is 12.5 Å². The van der Waals surface area contributed by atoms with Gasteiger partial charge in [0.2, 0.25) is 5.78 Å². The number of nitrogens with one attached hydrogen (secondary N) is 1. The van der Waals surface area contributed by atoms with Gasteiger partial charge in [-0.25, -0.2) is 14.6 Å². The number of carbonyl (C=O) groups excluding carboxylic acids is 1. The number of carbonyl (C=O) groups is 1. The minimum atomic E-state index is -0.234. The molecule has 0 aliphatic heterocycles. The van der Waals surface area contributed by atoms with Gasteiger partial charge in [-0.1, -0.05) is 31.5 Å². The second-order valence-electron chi connectivity index (χ2n) is 6.27. The van der Waals surface area contributed by atoms with E-state index < -0.39 is 0 Å². The second-order valence-corrected chi connectivity index (χ2v) is 6.27. The first-order chi connectivity index (χ1) is 13.2. The van der Waals surface area contributed by atoms with Crippen molar-refractivity contribution in [2.24, 2.45) is 5.92 Å². The summed E-state index contributed by atoms with van der Waals surface area (Å²) >= 11 is 0. The number of ketones is 1. The van der Waals surface area contributed by atoms with Crippen LogP contribution in [0.1, 0.15) is 35.8 Å². The van der Waals surface area contributed by atoms with Crippen molar-refractivity contribution in [3.63, 3.8) is 0 Å². The highest BCUT2D eigenvalue weighted by Crippen LogP contribution is 2.17. The number of benzene rings is 1. The van der Waals surface area contributed by atoms with E-state index >= 15 is 0 Å². The normalized spacial score (nSPS) is 11.9. The molecule has 27 heavy (non-hydrogen) atoms. The van der Waals surface area contributed by atoms with Crippen LogP contribution in [-0.4, -0.2) is 43.8 Å². The Kier molecular flexibility index (Phi) is 6.27. The lowest BCUT2D eigenvalue weighted by molar-refractivity contribution is 0.103. The lowest BCUT2D eigenvalue weighted by atomic mass is 10.0. The molecule has 7 heteroatoms. The summed E-state index contributed by atoms with van der Waals surface area (Å²) in [5.41, 5.74) is 1.60. The van der Waals surface area contributed by atoms with E-state index in [9.17, 15) is 9.90 Å². The molecule has 1 unspecified atom stereocenters. The molecule has 3 rings (SSSR count). The number of aliphatic hydroxyl groups excluding tert-OH is 1. The number of rotatable bonds is 9. The fourth-order valence-corrected chi connectivity index (χ4v) is 2.76. The summed E-state index contributed by atoms with van der Waals surface area (Å²) in [7, 11) is 0. The maximum atomic E-state index is 12.9.